The van der Waals surface area contributed by atoms with E-state index >= 15 is 0 Å². The third-order valence-electron chi connectivity index (χ3n) is 3.35. The van der Waals surface area contributed by atoms with Crippen molar-refractivity contribution < 1.29 is 23.8 Å². The molecule has 1 amide bonds. The van der Waals surface area contributed by atoms with Gasteiger partial charge in [0.25, 0.3) is 0 Å². The van der Waals surface area contributed by atoms with Crippen LogP contribution in [-0.2, 0) is 19.7 Å². The Bertz CT molecular complexity index is 577. The van der Waals surface area contributed by atoms with Crippen molar-refractivity contribution in [2.75, 3.05) is 13.2 Å². The molecule has 6 nitrogen and oxygen atoms in total. The minimum absolute atomic E-state index is 0.0291. The molecule has 1 atom stereocenters. The fourth-order valence-corrected chi connectivity index (χ4v) is 2.04. The van der Waals surface area contributed by atoms with Crippen molar-refractivity contribution >= 4 is 12.1 Å². The number of hydrogen-bond acceptors (Lipinski definition) is 5. The first-order valence-corrected chi connectivity index (χ1v) is 8.48. The molecule has 1 unspecified atom stereocenters. The molecule has 0 aliphatic carbocycles. The lowest BCUT2D eigenvalue weighted by Crippen LogP contribution is -2.33. The molecule has 0 saturated heterocycles. The molecule has 1 aromatic rings. The maximum Gasteiger partial charge on any atom is 0.410 e. The molecular weight excluding hydrogens is 322 g/mol. The highest BCUT2D eigenvalue weighted by Crippen LogP contribution is 2.30. The number of amides is 1. The van der Waals surface area contributed by atoms with Crippen LogP contribution in [-0.4, -0.2) is 31.5 Å². The van der Waals surface area contributed by atoms with Gasteiger partial charge in [-0.2, -0.15) is 0 Å². The van der Waals surface area contributed by atoms with Gasteiger partial charge in [0.05, 0.1) is 12.5 Å². The van der Waals surface area contributed by atoms with Crippen LogP contribution >= 0.6 is 0 Å². The zero-order chi connectivity index (χ0) is 19.0. The van der Waals surface area contributed by atoms with Crippen LogP contribution in [0.15, 0.2) is 24.3 Å². The van der Waals surface area contributed by atoms with Crippen molar-refractivity contribution in [1.82, 2.24) is 5.32 Å². The molecule has 1 aromatic carbocycles. The summed E-state index contributed by atoms with van der Waals surface area (Å²) in [7, 11) is 0. The first-order valence-electron chi connectivity index (χ1n) is 8.48. The number of benzene rings is 1. The summed E-state index contributed by atoms with van der Waals surface area (Å²) in [5, 5.41) is 2.57. The van der Waals surface area contributed by atoms with Crippen molar-refractivity contribution in [2.24, 2.45) is 5.92 Å². The van der Waals surface area contributed by atoms with Gasteiger partial charge < -0.3 is 19.5 Å². The van der Waals surface area contributed by atoms with Gasteiger partial charge in [0.1, 0.15) is 12.4 Å². The average molecular weight is 351 g/mol. The van der Waals surface area contributed by atoms with E-state index in [-0.39, 0.29) is 17.9 Å². The molecule has 0 fully saturated rings. The Hall–Kier alpha value is -2.24. The Kier molecular flexibility index (Phi) is 7.74. The third kappa shape index (κ3) is 7.45. The summed E-state index contributed by atoms with van der Waals surface area (Å²) in [5.41, 5.74) is 1.07. The number of carbonyl (C=O) groups excluding carboxylic acids is 2. The summed E-state index contributed by atoms with van der Waals surface area (Å²) in [5.74, 6) is 0.109. The molecule has 0 saturated carbocycles. The van der Waals surface area contributed by atoms with Crippen LogP contribution < -0.4 is 10.1 Å². The molecule has 0 spiro atoms. The largest absolute Gasteiger partial charge is 0.491 e. The van der Waals surface area contributed by atoms with Crippen LogP contribution in [0, 0.1) is 5.92 Å². The Labute approximate surface area is 149 Å². The number of nitrogens with one attached hydrogen (secondary N) is 1. The fraction of sp³-hybridized carbons (Fsp3) is 0.579. The summed E-state index contributed by atoms with van der Waals surface area (Å²) >= 11 is 0. The number of hydrogen-bond donors (Lipinski definition) is 1. The normalized spacial score (nSPS) is 12.4. The monoisotopic (exact) mass is 351 g/mol. The van der Waals surface area contributed by atoms with Crippen LogP contribution in [0.1, 0.15) is 47.1 Å². The lowest BCUT2D eigenvalue weighted by molar-refractivity contribution is -0.168. The topological polar surface area (TPSA) is 73.9 Å². The molecule has 0 bridgehead atoms. The number of rotatable bonds is 7. The fourth-order valence-electron chi connectivity index (χ4n) is 2.04. The van der Waals surface area contributed by atoms with Gasteiger partial charge in [-0.05, 0) is 17.0 Å². The van der Waals surface area contributed by atoms with Gasteiger partial charge in [-0.3, -0.25) is 4.79 Å². The number of ether oxygens (including phenoxy) is 3. The molecule has 0 aromatic heterocycles. The van der Waals surface area contributed by atoms with E-state index in [1.807, 2.05) is 24.3 Å². The second kappa shape index (κ2) is 9.30. The van der Waals surface area contributed by atoms with E-state index < -0.39 is 18.4 Å². The summed E-state index contributed by atoms with van der Waals surface area (Å²) in [4.78, 5) is 23.1. The van der Waals surface area contributed by atoms with Gasteiger partial charge in [-0.15, -0.1) is 0 Å². The summed E-state index contributed by atoms with van der Waals surface area (Å²) in [6, 6.07) is 7.83. The molecule has 0 aliphatic heterocycles. The van der Waals surface area contributed by atoms with Crippen LogP contribution in [0.5, 0.6) is 5.75 Å². The lowest BCUT2D eigenvalue weighted by Gasteiger charge is -2.22. The SMILES string of the molecule is CC(OC(=O)NCCOc1ccccc1C(C)(C)C)OC(=O)C(C)C. The molecule has 6 heteroatoms. The van der Waals surface area contributed by atoms with E-state index in [9.17, 15) is 9.59 Å². The zero-order valence-electron chi connectivity index (χ0n) is 15.9. The van der Waals surface area contributed by atoms with Crippen molar-refractivity contribution in [3.63, 3.8) is 0 Å². The molecule has 0 radical (unpaired) electrons. The third-order valence-corrected chi connectivity index (χ3v) is 3.35. The lowest BCUT2D eigenvalue weighted by atomic mass is 9.86. The van der Waals surface area contributed by atoms with Gasteiger partial charge in [0.15, 0.2) is 0 Å². The van der Waals surface area contributed by atoms with Gasteiger partial charge in [0.2, 0.25) is 6.29 Å². The summed E-state index contributed by atoms with van der Waals surface area (Å²) in [6.45, 7) is 11.9. The average Bonchev–Trinajstić information content (AvgIpc) is 2.50. The molecule has 0 heterocycles. The van der Waals surface area contributed by atoms with Crippen molar-refractivity contribution in [1.29, 1.82) is 0 Å². The number of para-hydroxylation sites is 1. The minimum Gasteiger partial charge on any atom is -0.491 e. The van der Waals surface area contributed by atoms with Crippen LogP contribution in [0.4, 0.5) is 4.79 Å². The molecule has 25 heavy (non-hydrogen) atoms. The van der Waals surface area contributed by atoms with Crippen molar-refractivity contribution in [3.8, 4) is 5.75 Å². The predicted octanol–water partition coefficient (Wildman–Crippen LogP) is 3.63. The van der Waals surface area contributed by atoms with Gasteiger partial charge >= 0.3 is 12.1 Å². The van der Waals surface area contributed by atoms with Crippen LogP contribution in [0.3, 0.4) is 0 Å². The van der Waals surface area contributed by atoms with Gasteiger partial charge in [0, 0.05) is 6.92 Å². The standard InChI is InChI=1S/C19H29NO5/c1-13(2)17(21)24-14(3)25-18(22)20-11-12-23-16-10-8-7-9-15(16)19(4,5)6/h7-10,13-14H,11-12H2,1-6H3,(H,20,22). The van der Waals surface area contributed by atoms with E-state index in [1.165, 1.54) is 6.92 Å². The molecule has 0 aliphatic rings. The van der Waals surface area contributed by atoms with E-state index in [2.05, 4.69) is 26.1 Å². The quantitative estimate of drug-likeness (QED) is 0.461. The number of alkyl carbamates (subject to hydrolysis) is 1. The number of carbonyl (C=O) groups is 2. The molecule has 1 N–H and O–H groups in total. The van der Waals surface area contributed by atoms with Gasteiger partial charge in [-0.25, -0.2) is 4.79 Å². The first-order chi connectivity index (χ1) is 11.6. The van der Waals surface area contributed by atoms with Crippen molar-refractivity contribution in [3.05, 3.63) is 29.8 Å². The van der Waals surface area contributed by atoms with Crippen molar-refractivity contribution in [2.45, 2.75) is 53.2 Å². The Morgan fingerprint density at radius 2 is 1.72 bits per heavy atom. The maximum absolute atomic E-state index is 11.7. The predicted molar refractivity (Wildman–Crippen MR) is 95.5 cm³/mol. The maximum atomic E-state index is 11.7. The highest BCUT2D eigenvalue weighted by Gasteiger charge is 2.19. The van der Waals surface area contributed by atoms with Gasteiger partial charge in [-0.1, -0.05) is 52.8 Å². The smallest absolute Gasteiger partial charge is 0.410 e. The Morgan fingerprint density at radius 1 is 1.08 bits per heavy atom. The minimum atomic E-state index is -0.933. The molecule has 140 valence electrons. The van der Waals surface area contributed by atoms with Crippen LogP contribution in [0.25, 0.3) is 0 Å². The van der Waals surface area contributed by atoms with E-state index in [1.54, 1.807) is 13.8 Å². The second-order valence-corrected chi connectivity index (χ2v) is 7.09. The Morgan fingerprint density at radius 3 is 2.32 bits per heavy atom. The summed E-state index contributed by atoms with van der Waals surface area (Å²) in [6.07, 6.45) is -1.59. The highest BCUT2D eigenvalue weighted by atomic mass is 16.7. The van der Waals surface area contributed by atoms with Crippen LogP contribution in [0.2, 0.25) is 0 Å². The zero-order valence-corrected chi connectivity index (χ0v) is 15.9. The van der Waals surface area contributed by atoms with E-state index in [0.717, 1.165) is 11.3 Å². The second-order valence-electron chi connectivity index (χ2n) is 7.09. The molecule has 1 rings (SSSR count). The first kappa shape index (κ1) is 20.8. The Balaban J connectivity index is 2.37. The molecular formula is C19H29NO5. The summed E-state index contributed by atoms with van der Waals surface area (Å²) < 4.78 is 15.7. The van der Waals surface area contributed by atoms with E-state index in [4.69, 9.17) is 14.2 Å². The number of esters is 1. The van der Waals surface area contributed by atoms with E-state index in [0.29, 0.717) is 6.61 Å². The highest BCUT2D eigenvalue weighted by molar-refractivity contribution is 5.72.